The molecule has 0 unspecified atom stereocenters. The molecule has 1 atom stereocenters. The van der Waals surface area contributed by atoms with Crippen LogP contribution in [0.4, 0.5) is 5.69 Å². The van der Waals surface area contributed by atoms with Crippen LogP contribution in [0, 0.1) is 0 Å². The fraction of sp³-hybridized carbons (Fsp3) is 0.250. The third-order valence-electron chi connectivity index (χ3n) is 3.64. The van der Waals surface area contributed by atoms with Gasteiger partial charge in [-0.05, 0) is 23.6 Å². The fourth-order valence-corrected chi connectivity index (χ4v) is 3.80. The Bertz CT molecular complexity index is 746. The number of hydrogen-bond donors (Lipinski definition) is 2. The summed E-state index contributed by atoms with van der Waals surface area (Å²) in [6.07, 6.45) is -0.335. The molecule has 23 heavy (non-hydrogen) atoms. The van der Waals surface area contributed by atoms with Gasteiger partial charge in [-0.2, -0.15) is 0 Å². The SMILES string of the molecule is CC(=O)NCCN1C(=O)c2ccccc2N[C@@H]1c1sccc1Cl. The van der Waals surface area contributed by atoms with Crippen LogP contribution in [0.25, 0.3) is 0 Å². The highest BCUT2D eigenvalue weighted by atomic mass is 35.5. The molecule has 0 bridgehead atoms. The van der Waals surface area contributed by atoms with Crippen LogP contribution >= 0.6 is 22.9 Å². The van der Waals surface area contributed by atoms with E-state index in [1.807, 2.05) is 29.6 Å². The molecule has 0 radical (unpaired) electrons. The van der Waals surface area contributed by atoms with Gasteiger partial charge in [-0.1, -0.05) is 23.7 Å². The van der Waals surface area contributed by atoms with Crippen molar-refractivity contribution in [3.05, 3.63) is 51.2 Å². The maximum absolute atomic E-state index is 12.8. The third kappa shape index (κ3) is 3.18. The Morgan fingerprint density at radius 3 is 2.87 bits per heavy atom. The Kier molecular flexibility index (Phi) is 4.54. The van der Waals surface area contributed by atoms with E-state index in [-0.39, 0.29) is 18.0 Å². The number of benzene rings is 1. The number of carbonyl (C=O) groups excluding carboxylic acids is 2. The summed E-state index contributed by atoms with van der Waals surface area (Å²) in [6, 6.07) is 9.22. The van der Waals surface area contributed by atoms with E-state index in [1.54, 1.807) is 11.0 Å². The highest BCUT2D eigenvalue weighted by Crippen LogP contribution is 2.38. The predicted molar refractivity (Wildman–Crippen MR) is 91.9 cm³/mol. The van der Waals surface area contributed by atoms with Gasteiger partial charge in [0.2, 0.25) is 5.91 Å². The first-order valence-electron chi connectivity index (χ1n) is 7.22. The molecule has 1 aliphatic heterocycles. The van der Waals surface area contributed by atoms with Gasteiger partial charge in [0.15, 0.2) is 0 Å². The van der Waals surface area contributed by atoms with Gasteiger partial charge in [0.1, 0.15) is 6.17 Å². The summed E-state index contributed by atoms with van der Waals surface area (Å²) in [5.74, 6) is -0.187. The Labute approximate surface area is 143 Å². The number of rotatable bonds is 4. The van der Waals surface area contributed by atoms with Crippen molar-refractivity contribution in [1.82, 2.24) is 10.2 Å². The Morgan fingerprint density at radius 1 is 1.39 bits per heavy atom. The van der Waals surface area contributed by atoms with Gasteiger partial charge in [0.05, 0.1) is 15.5 Å². The van der Waals surface area contributed by atoms with E-state index in [0.717, 1.165) is 10.6 Å². The average molecular weight is 350 g/mol. The van der Waals surface area contributed by atoms with Crippen LogP contribution < -0.4 is 10.6 Å². The maximum Gasteiger partial charge on any atom is 0.257 e. The molecule has 1 aromatic heterocycles. The van der Waals surface area contributed by atoms with E-state index in [4.69, 9.17) is 11.6 Å². The number of carbonyl (C=O) groups is 2. The Balaban J connectivity index is 1.93. The van der Waals surface area contributed by atoms with Gasteiger partial charge in [-0.3, -0.25) is 9.59 Å². The molecule has 0 aliphatic carbocycles. The highest BCUT2D eigenvalue weighted by Gasteiger charge is 2.34. The van der Waals surface area contributed by atoms with Crippen molar-refractivity contribution >= 4 is 40.4 Å². The van der Waals surface area contributed by atoms with E-state index in [1.165, 1.54) is 18.3 Å². The van der Waals surface area contributed by atoms with Gasteiger partial charge in [-0.25, -0.2) is 0 Å². The molecule has 1 aliphatic rings. The summed E-state index contributed by atoms with van der Waals surface area (Å²) in [5.41, 5.74) is 1.42. The Hall–Kier alpha value is -2.05. The van der Waals surface area contributed by atoms with Gasteiger partial charge in [0.25, 0.3) is 5.91 Å². The highest BCUT2D eigenvalue weighted by molar-refractivity contribution is 7.10. The van der Waals surface area contributed by atoms with Crippen LogP contribution in [-0.4, -0.2) is 29.8 Å². The lowest BCUT2D eigenvalue weighted by Gasteiger charge is -2.37. The van der Waals surface area contributed by atoms with Crippen LogP contribution in [0.15, 0.2) is 35.7 Å². The number of amides is 2. The lowest BCUT2D eigenvalue weighted by molar-refractivity contribution is -0.119. The molecule has 2 amide bonds. The number of nitrogens with one attached hydrogen (secondary N) is 2. The number of hydrogen-bond acceptors (Lipinski definition) is 4. The zero-order chi connectivity index (χ0) is 16.4. The molecule has 2 heterocycles. The third-order valence-corrected chi connectivity index (χ3v) is 5.05. The molecule has 5 nitrogen and oxygen atoms in total. The van der Waals surface area contributed by atoms with E-state index in [0.29, 0.717) is 23.7 Å². The summed E-state index contributed by atoms with van der Waals surface area (Å²) in [7, 11) is 0. The second-order valence-electron chi connectivity index (χ2n) is 5.21. The number of nitrogens with zero attached hydrogens (tertiary/aromatic N) is 1. The molecule has 3 rings (SSSR count). The lowest BCUT2D eigenvalue weighted by atomic mass is 10.1. The van der Waals surface area contributed by atoms with Crippen molar-refractivity contribution in [3.63, 3.8) is 0 Å². The average Bonchev–Trinajstić information content (AvgIpc) is 2.95. The molecule has 0 saturated carbocycles. The lowest BCUT2D eigenvalue weighted by Crippen LogP contribution is -2.46. The number of halogens is 1. The van der Waals surface area contributed by atoms with Gasteiger partial charge in [-0.15, -0.1) is 11.3 Å². The number of thiophene rings is 1. The van der Waals surface area contributed by atoms with Crippen LogP contribution in [0.3, 0.4) is 0 Å². The van der Waals surface area contributed by atoms with Crippen LogP contribution in [0.5, 0.6) is 0 Å². The quantitative estimate of drug-likeness (QED) is 0.891. The van der Waals surface area contributed by atoms with E-state index < -0.39 is 0 Å². The van der Waals surface area contributed by atoms with Crippen molar-refractivity contribution in [2.24, 2.45) is 0 Å². The molecule has 120 valence electrons. The molecule has 7 heteroatoms. The zero-order valence-electron chi connectivity index (χ0n) is 12.5. The van der Waals surface area contributed by atoms with Crippen molar-refractivity contribution in [3.8, 4) is 0 Å². The first-order chi connectivity index (χ1) is 11.1. The van der Waals surface area contributed by atoms with Gasteiger partial charge >= 0.3 is 0 Å². The number of fused-ring (bicyclic) bond motifs is 1. The summed E-state index contributed by atoms with van der Waals surface area (Å²) in [4.78, 5) is 26.5. The molecule has 1 aromatic carbocycles. The monoisotopic (exact) mass is 349 g/mol. The molecular weight excluding hydrogens is 334 g/mol. The van der Waals surface area contributed by atoms with E-state index in [9.17, 15) is 9.59 Å². The predicted octanol–water partition coefficient (Wildman–Crippen LogP) is 3.10. The summed E-state index contributed by atoms with van der Waals surface area (Å²) in [5, 5.41) is 8.63. The van der Waals surface area contributed by atoms with Crippen molar-refractivity contribution in [1.29, 1.82) is 0 Å². The van der Waals surface area contributed by atoms with Gasteiger partial charge < -0.3 is 15.5 Å². The minimum absolute atomic E-state index is 0.0702. The van der Waals surface area contributed by atoms with E-state index >= 15 is 0 Å². The number of para-hydroxylation sites is 1. The number of anilines is 1. The van der Waals surface area contributed by atoms with Crippen molar-refractivity contribution in [2.75, 3.05) is 18.4 Å². The summed E-state index contributed by atoms with van der Waals surface area (Å²) in [6.45, 7) is 2.25. The van der Waals surface area contributed by atoms with Gasteiger partial charge in [0, 0.05) is 25.7 Å². The molecule has 0 saturated heterocycles. The summed E-state index contributed by atoms with van der Waals surface area (Å²) < 4.78 is 0. The van der Waals surface area contributed by atoms with Crippen molar-refractivity contribution < 1.29 is 9.59 Å². The Morgan fingerprint density at radius 2 is 2.17 bits per heavy atom. The summed E-state index contributed by atoms with van der Waals surface area (Å²) >= 11 is 7.76. The minimum atomic E-state index is -0.335. The molecule has 0 fully saturated rings. The minimum Gasteiger partial charge on any atom is -0.360 e. The van der Waals surface area contributed by atoms with Crippen molar-refractivity contribution in [2.45, 2.75) is 13.1 Å². The topological polar surface area (TPSA) is 61.4 Å². The standard InChI is InChI=1S/C16H16ClN3O2S/c1-10(21)18-7-8-20-15(14-12(17)6-9-23-14)19-13-5-3-2-4-11(13)16(20)22/h2-6,9,15,19H,7-8H2,1H3,(H,18,21)/t15-/m0/s1. The smallest absolute Gasteiger partial charge is 0.257 e. The molecule has 2 aromatic rings. The fourth-order valence-electron chi connectivity index (χ4n) is 2.58. The molecular formula is C16H16ClN3O2S. The second kappa shape index (κ2) is 6.60. The molecule has 0 spiro atoms. The van der Waals surface area contributed by atoms with E-state index in [2.05, 4.69) is 10.6 Å². The van der Waals surface area contributed by atoms with Crippen LogP contribution in [0.2, 0.25) is 5.02 Å². The van der Waals surface area contributed by atoms with Crippen LogP contribution in [-0.2, 0) is 4.79 Å². The molecule has 2 N–H and O–H groups in total. The first-order valence-corrected chi connectivity index (χ1v) is 8.47. The first kappa shape index (κ1) is 15.8. The largest absolute Gasteiger partial charge is 0.360 e. The zero-order valence-corrected chi connectivity index (χ0v) is 14.1. The maximum atomic E-state index is 12.8. The second-order valence-corrected chi connectivity index (χ2v) is 6.56. The normalized spacial score (nSPS) is 16.7. The van der Waals surface area contributed by atoms with Crippen LogP contribution in [0.1, 0.15) is 28.3 Å².